The van der Waals surface area contributed by atoms with E-state index >= 15 is 0 Å². The van der Waals surface area contributed by atoms with Crippen LogP contribution in [0.15, 0.2) is 0 Å². The number of halogens is 18. The summed E-state index contributed by atoms with van der Waals surface area (Å²) in [6.45, 7) is 0. The largest absolute Gasteiger partial charge is 0.491 e. The Morgan fingerprint density at radius 1 is 0.250 bits per heavy atom. The average molecular weight is 750 g/mol. The topological polar surface area (TPSA) is 158 Å². The fourth-order valence-electron chi connectivity index (χ4n) is 2.08. The number of hydrogen-bond acceptors (Lipinski definition) is 12. The quantitative estimate of drug-likeness (QED) is 0.228. The summed E-state index contributed by atoms with van der Waals surface area (Å²) in [6.07, 6.45) is -39.8. The molecule has 0 aliphatic carbocycles. The lowest BCUT2D eigenvalue weighted by atomic mass is 10.2. The van der Waals surface area contributed by atoms with Gasteiger partial charge in [0.2, 0.25) is 34.5 Å². The smallest absolute Gasteiger partial charge is 0.411 e. The molecule has 1 rings (SSSR count). The highest BCUT2D eigenvalue weighted by molar-refractivity contribution is 5.93. The van der Waals surface area contributed by atoms with Crippen molar-refractivity contribution in [2.75, 3.05) is 0 Å². The SMILES string of the molecule is O=C(Oc1c(OC(=O)C(F)(F)F)c(OC(=O)C(F)(F)F)c(OC(=O)C(F)(F)F)c(OC(=O)C(F)(F)F)c1OC(=O)C(F)(F)F)C(F)(F)F. The summed E-state index contributed by atoms with van der Waals surface area (Å²) in [5, 5.41) is 0. The fraction of sp³-hybridized carbons (Fsp3) is 0.333. The highest BCUT2D eigenvalue weighted by atomic mass is 19.4. The third kappa shape index (κ3) is 10.4. The van der Waals surface area contributed by atoms with Gasteiger partial charge in [-0.05, 0) is 0 Å². The molecule has 0 atom stereocenters. The van der Waals surface area contributed by atoms with Crippen LogP contribution in [-0.4, -0.2) is 72.9 Å². The molecule has 30 heteroatoms. The Morgan fingerprint density at radius 2 is 0.333 bits per heavy atom. The Balaban J connectivity index is 4.81. The van der Waals surface area contributed by atoms with Crippen LogP contribution in [0, 0.1) is 0 Å². The first-order valence-electron chi connectivity index (χ1n) is 10.1. The number of benzene rings is 1. The molecule has 0 saturated carbocycles. The minimum absolute atomic E-state index is 3.15. The van der Waals surface area contributed by atoms with Gasteiger partial charge < -0.3 is 28.4 Å². The zero-order valence-electron chi connectivity index (χ0n) is 20.7. The van der Waals surface area contributed by atoms with E-state index in [1.54, 1.807) is 0 Å². The van der Waals surface area contributed by atoms with Crippen LogP contribution in [0.5, 0.6) is 34.5 Å². The van der Waals surface area contributed by atoms with Crippen molar-refractivity contribution in [1.29, 1.82) is 0 Å². The maximum absolute atomic E-state index is 12.9. The van der Waals surface area contributed by atoms with Gasteiger partial charge in [-0.25, -0.2) is 28.8 Å². The number of carbonyl (C=O) groups is 6. The van der Waals surface area contributed by atoms with Gasteiger partial charge in [-0.15, -0.1) is 0 Å². The number of ether oxygens (including phenoxy) is 6. The van der Waals surface area contributed by atoms with E-state index in [9.17, 15) is 108 Å². The highest BCUT2D eigenvalue weighted by Gasteiger charge is 2.53. The van der Waals surface area contributed by atoms with Crippen LogP contribution in [0.25, 0.3) is 0 Å². The van der Waals surface area contributed by atoms with Crippen LogP contribution in [0.4, 0.5) is 79.0 Å². The van der Waals surface area contributed by atoms with Gasteiger partial charge in [0.25, 0.3) is 0 Å². The van der Waals surface area contributed by atoms with Crippen molar-refractivity contribution in [3.8, 4) is 34.5 Å². The summed E-state index contributed by atoms with van der Waals surface area (Å²) in [5.41, 5.74) is 0. The minimum atomic E-state index is -6.64. The van der Waals surface area contributed by atoms with Crippen LogP contribution < -0.4 is 28.4 Å². The van der Waals surface area contributed by atoms with Crippen molar-refractivity contribution in [2.45, 2.75) is 37.1 Å². The molecule has 0 fully saturated rings. The molecule has 0 aliphatic rings. The zero-order valence-corrected chi connectivity index (χ0v) is 20.7. The number of alkyl halides is 18. The van der Waals surface area contributed by atoms with Gasteiger partial charge in [0.15, 0.2) is 0 Å². The van der Waals surface area contributed by atoms with Gasteiger partial charge in [-0.2, -0.15) is 79.0 Å². The van der Waals surface area contributed by atoms with Gasteiger partial charge in [0.1, 0.15) is 0 Å². The van der Waals surface area contributed by atoms with Crippen LogP contribution in [0.3, 0.4) is 0 Å². The summed E-state index contributed by atoms with van der Waals surface area (Å²) in [7, 11) is 0. The number of esters is 6. The lowest BCUT2D eigenvalue weighted by molar-refractivity contribution is -0.195. The molecule has 1 aromatic rings. The minimum Gasteiger partial charge on any atom is -0.411 e. The molecular formula is C18F18O12. The van der Waals surface area contributed by atoms with E-state index in [1.807, 2.05) is 0 Å². The molecule has 48 heavy (non-hydrogen) atoms. The normalized spacial score (nSPS) is 12.9. The van der Waals surface area contributed by atoms with Gasteiger partial charge in [0, 0.05) is 0 Å². The summed E-state index contributed by atoms with van der Waals surface area (Å²) >= 11 is 0. The van der Waals surface area contributed by atoms with Crippen molar-refractivity contribution in [1.82, 2.24) is 0 Å². The van der Waals surface area contributed by atoms with Crippen molar-refractivity contribution in [2.24, 2.45) is 0 Å². The Labute approximate surface area is 244 Å². The Hall–Kier alpha value is -5.22. The van der Waals surface area contributed by atoms with E-state index in [-0.39, 0.29) is 0 Å². The zero-order chi connectivity index (χ0) is 38.2. The Bertz CT molecular complexity index is 1180. The second kappa shape index (κ2) is 13.1. The Kier molecular flexibility index (Phi) is 11.2. The third-order valence-electron chi connectivity index (χ3n) is 3.79. The van der Waals surface area contributed by atoms with Crippen LogP contribution >= 0.6 is 0 Å². The molecule has 1 aromatic carbocycles. The number of rotatable bonds is 6. The molecule has 0 bridgehead atoms. The van der Waals surface area contributed by atoms with Crippen molar-refractivity contribution < 1.29 is 136 Å². The predicted molar refractivity (Wildman–Crippen MR) is 96.6 cm³/mol. The van der Waals surface area contributed by atoms with Gasteiger partial charge in [0.05, 0.1) is 0 Å². The van der Waals surface area contributed by atoms with E-state index in [4.69, 9.17) is 0 Å². The molecule has 270 valence electrons. The second-order valence-electron chi connectivity index (χ2n) is 7.30. The van der Waals surface area contributed by atoms with Crippen molar-refractivity contribution in [3.63, 3.8) is 0 Å². The summed E-state index contributed by atoms with van der Waals surface area (Å²) in [4.78, 5) is 68.4. The van der Waals surface area contributed by atoms with E-state index in [0.717, 1.165) is 0 Å². The van der Waals surface area contributed by atoms with Gasteiger partial charge in [-0.3, -0.25) is 0 Å². The van der Waals surface area contributed by atoms with Crippen molar-refractivity contribution >= 4 is 35.8 Å². The van der Waals surface area contributed by atoms with E-state index in [1.165, 1.54) is 0 Å². The van der Waals surface area contributed by atoms with E-state index in [2.05, 4.69) is 28.4 Å². The standard InChI is InChI=1S/C18F18O12/c19-13(20,21)7(37)43-1-2(44-8(38)14(22,23)24)4(46-10(40)16(28,29)30)6(48-12(42)18(34,35)36)5(47-11(41)17(31,32)33)3(1)45-9(39)15(25,26)27. The first-order chi connectivity index (χ1) is 21.1. The summed E-state index contributed by atoms with van der Waals surface area (Å²) < 4.78 is 251. The molecule has 0 saturated heterocycles. The number of carbonyl (C=O) groups excluding carboxylic acids is 6. The molecule has 0 radical (unpaired) electrons. The maximum atomic E-state index is 12.9. The number of hydrogen-bond donors (Lipinski definition) is 0. The lowest BCUT2D eigenvalue weighted by Crippen LogP contribution is -2.34. The van der Waals surface area contributed by atoms with Gasteiger partial charge >= 0.3 is 72.9 Å². The average Bonchev–Trinajstić information content (AvgIpc) is 2.85. The van der Waals surface area contributed by atoms with E-state index < -0.39 is 107 Å². The molecular weight excluding hydrogens is 750 g/mol. The first-order valence-corrected chi connectivity index (χ1v) is 10.1. The highest BCUT2D eigenvalue weighted by Crippen LogP contribution is 2.60. The molecule has 0 unspecified atom stereocenters. The molecule has 0 heterocycles. The molecule has 0 aliphatic heterocycles. The predicted octanol–water partition coefficient (Wildman–Crippen LogP) is 4.49. The molecule has 0 amide bonds. The molecule has 0 N–H and O–H groups in total. The molecule has 0 aromatic heterocycles. The van der Waals surface area contributed by atoms with Gasteiger partial charge in [-0.1, -0.05) is 0 Å². The fourth-order valence-corrected chi connectivity index (χ4v) is 2.08. The lowest BCUT2D eigenvalue weighted by Gasteiger charge is -2.23. The summed E-state index contributed by atoms with van der Waals surface area (Å²) in [5.74, 6) is -45.3. The summed E-state index contributed by atoms with van der Waals surface area (Å²) in [6, 6.07) is 0. The molecule has 12 nitrogen and oxygen atoms in total. The first kappa shape index (κ1) is 40.8. The monoisotopic (exact) mass is 750 g/mol. The van der Waals surface area contributed by atoms with Crippen LogP contribution in [-0.2, 0) is 28.8 Å². The Morgan fingerprint density at radius 3 is 0.396 bits per heavy atom. The molecule has 0 spiro atoms. The van der Waals surface area contributed by atoms with Crippen LogP contribution in [0.2, 0.25) is 0 Å². The van der Waals surface area contributed by atoms with Crippen molar-refractivity contribution in [3.05, 3.63) is 0 Å². The second-order valence-corrected chi connectivity index (χ2v) is 7.30. The third-order valence-corrected chi connectivity index (χ3v) is 3.79. The maximum Gasteiger partial charge on any atom is 0.491 e. The van der Waals surface area contributed by atoms with E-state index in [0.29, 0.717) is 0 Å². The van der Waals surface area contributed by atoms with Crippen LogP contribution in [0.1, 0.15) is 0 Å².